The maximum atomic E-state index is 12.4. The van der Waals surface area contributed by atoms with Gasteiger partial charge in [0.1, 0.15) is 0 Å². The van der Waals surface area contributed by atoms with Crippen molar-refractivity contribution in [2.24, 2.45) is 5.41 Å². The predicted molar refractivity (Wildman–Crippen MR) is 73.8 cm³/mol. The van der Waals surface area contributed by atoms with Crippen LogP contribution in [0, 0.1) is 12.3 Å². The largest absolute Gasteiger partial charge is 0.323 e. The van der Waals surface area contributed by atoms with Gasteiger partial charge in [-0.25, -0.2) is 4.98 Å². The van der Waals surface area contributed by atoms with E-state index in [-0.39, 0.29) is 11.3 Å². The van der Waals surface area contributed by atoms with Gasteiger partial charge < -0.3 is 5.32 Å². The highest BCUT2D eigenvalue weighted by Crippen LogP contribution is 2.37. The summed E-state index contributed by atoms with van der Waals surface area (Å²) in [5, 5.41) is 3.32. The molecule has 1 aromatic heterocycles. The minimum absolute atomic E-state index is 0.0696. The van der Waals surface area contributed by atoms with Crippen molar-refractivity contribution in [2.75, 3.05) is 5.32 Å². The number of carbonyl (C=O) groups is 1. The zero-order chi connectivity index (χ0) is 13.2. The highest BCUT2D eigenvalue weighted by atomic mass is 35.5. The third-order valence-electron chi connectivity index (χ3n) is 3.86. The molecule has 1 N–H and O–H groups in total. The van der Waals surface area contributed by atoms with Gasteiger partial charge in [0, 0.05) is 11.6 Å². The first kappa shape index (κ1) is 13.3. The number of hydrogen-bond acceptors (Lipinski definition) is 2. The number of amides is 1. The average molecular weight is 267 g/mol. The van der Waals surface area contributed by atoms with Crippen LogP contribution in [-0.4, -0.2) is 10.9 Å². The van der Waals surface area contributed by atoms with Crippen LogP contribution in [0.3, 0.4) is 0 Å². The molecule has 0 saturated heterocycles. The van der Waals surface area contributed by atoms with E-state index < -0.39 is 0 Å². The number of nitrogens with zero attached hydrogens (tertiary/aromatic N) is 1. The smallest absolute Gasteiger partial charge is 0.230 e. The SMILES string of the molecule is Cc1ccnc(Cl)c1NC(=O)C1(C)CCCCC1. The lowest BCUT2D eigenvalue weighted by Crippen LogP contribution is -2.35. The number of halogens is 1. The summed E-state index contributed by atoms with van der Waals surface area (Å²) in [5.74, 6) is 0.0696. The summed E-state index contributed by atoms with van der Waals surface area (Å²) >= 11 is 6.03. The lowest BCUT2D eigenvalue weighted by atomic mass is 9.75. The zero-order valence-corrected chi connectivity index (χ0v) is 11.7. The van der Waals surface area contributed by atoms with Gasteiger partial charge >= 0.3 is 0 Å². The Labute approximate surface area is 113 Å². The molecular weight excluding hydrogens is 248 g/mol. The molecule has 0 spiro atoms. The van der Waals surface area contributed by atoms with Crippen molar-refractivity contribution in [3.63, 3.8) is 0 Å². The fraction of sp³-hybridized carbons (Fsp3) is 0.571. The van der Waals surface area contributed by atoms with E-state index in [1.54, 1.807) is 6.20 Å². The number of nitrogens with one attached hydrogen (secondary N) is 1. The molecule has 0 aromatic carbocycles. The Morgan fingerprint density at radius 2 is 2.06 bits per heavy atom. The molecule has 98 valence electrons. The van der Waals surface area contributed by atoms with Crippen molar-refractivity contribution in [1.82, 2.24) is 4.98 Å². The molecule has 2 rings (SSSR count). The lowest BCUT2D eigenvalue weighted by Gasteiger charge is -2.32. The summed E-state index contributed by atoms with van der Waals surface area (Å²) in [6, 6.07) is 1.85. The van der Waals surface area contributed by atoms with Gasteiger partial charge in [-0.3, -0.25) is 4.79 Å². The van der Waals surface area contributed by atoms with E-state index in [4.69, 9.17) is 11.6 Å². The number of carbonyl (C=O) groups excluding carboxylic acids is 1. The van der Waals surface area contributed by atoms with Crippen LogP contribution in [0.15, 0.2) is 12.3 Å². The number of anilines is 1. The Morgan fingerprint density at radius 1 is 1.39 bits per heavy atom. The summed E-state index contributed by atoms with van der Waals surface area (Å²) in [5.41, 5.74) is 1.34. The van der Waals surface area contributed by atoms with E-state index in [2.05, 4.69) is 10.3 Å². The third-order valence-corrected chi connectivity index (χ3v) is 4.14. The fourth-order valence-electron chi connectivity index (χ4n) is 2.50. The average Bonchev–Trinajstić information content (AvgIpc) is 2.34. The molecule has 1 aliphatic rings. The summed E-state index contributed by atoms with van der Waals surface area (Å²) in [4.78, 5) is 16.4. The lowest BCUT2D eigenvalue weighted by molar-refractivity contribution is -0.126. The molecule has 0 aliphatic heterocycles. The summed E-state index contributed by atoms with van der Waals surface area (Å²) in [7, 11) is 0. The monoisotopic (exact) mass is 266 g/mol. The van der Waals surface area contributed by atoms with Crippen LogP contribution in [0.4, 0.5) is 5.69 Å². The van der Waals surface area contributed by atoms with Gasteiger partial charge in [-0.15, -0.1) is 0 Å². The number of rotatable bonds is 2. The molecule has 18 heavy (non-hydrogen) atoms. The Bertz CT molecular complexity index is 433. The van der Waals surface area contributed by atoms with E-state index in [1.807, 2.05) is 19.9 Å². The summed E-state index contributed by atoms with van der Waals surface area (Å²) in [6.07, 6.45) is 7.05. The number of hydrogen-bond donors (Lipinski definition) is 1. The Balaban J connectivity index is 2.16. The van der Waals surface area contributed by atoms with Crippen molar-refractivity contribution >= 4 is 23.2 Å². The van der Waals surface area contributed by atoms with Crippen LogP contribution in [-0.2, 0) is 4.79 Å². The second kappa shape index (κ2) is 5.27. The second-order valence-corrected chi connectivity index (χ2v) is 5.73. The van der Waals surface area contributed by atoms with E-state index in [0.29, 0.717) is 10.8 Å². The molecule has 3 nitrogen and oxygen atoms in total. The molecule has 1 saturated carbocycles. The van der Waals surface area contributed by atoms with Crippen molar-refractivity contribution in [3.8, 4) is 0 Å². The minimum atomic E-state index is -0.260. The first-order valence-corrected chi connectivity index (χ1v) is 6.83. The molecule has 1 amide bonds. The topological polar surface area (TPSA) is 42.0 Å². The molecular formula is C14H19ClN2O. The van der Waals surface area contributed by atoms with E-state index in [0.717, 1.165) is 31.2 Å². The van der Waals surface area contributed by atoms with Gasteiger partial charge in [-0.05, 0) is 31.4 Å². The van der Waals surface area contributed by atoms with E-state index in [1.165, 1.54) is 6.42 Å². The van der Waals surface area contributed by atoms with Crippen molar-refractivity contribution in [3.05, 3.63) is 23.0 Å². The van der Waals surface area contributed by atoms with Crippen molar-refractivity contribution < 1.29 is 4.79 Å². The first-order chi connectivity index (χ1) is 8.53. The summed E-state index contributed by atoms with van der Waals surface area (Å²) < 4.78 is 0. The normalized spacial score (nSPS) is 18.4. The van der Waals surface area contributed by atoms with Gasteiger partial charge in [0.15, 0.2) is 5.15 Å². The molecule has 0 atom stereocenters. The van der Waals surface area contributed by atoms with Crippen LogP contribution in [0.5, 0.6) is 0 Å². The molecule has 0 bridgehead atoms. The highest BCUT2D eigenvalue weighted by Gasteiger charge is 2.34. The van der Waals surface area contributed by atoms with Crippen molar-refractivity contribution in [2.45, 2.75) is 46.0 Å². The molecule has 1 heterocycles. The van der Waals surface area contributed by atoms with Crippen LogP contribution in [0.25, 0.3) is 0 Å². The van der Waals surface area contributed by atoms with Crippen LogP contribution >= 0.6 is 11.6 Å². The van der Waals surface area contributed by atoms with Gasteiger partial charge in [0.25, 0.3) is 0 Å². The van der Waals surface area contributed by atoms with Crippen LogP contribution in [0.1, 0.15) is 44.6 Å². The maximum Gasteiger partial charge on any atom is 0.230 e. The first-order valence-electron chi connectivity index (χ1n) is 6.45. The Morgan fingerprint density at radius 3 is 2.67 bits per heavy atom. The van der Waals surface area contributed by atoms with E-state index in [9.17, 15) is 4.79 Å². The van der Waals surface area contributed by atoms with Crippen LogP contribution in [0.2, 0.25) is 5.15 Å². The number of pyridine rings is 1. The number of aryl methyl sites for hydroxylation is 1. The number of aromatic nitrogens is 1. The van der Waals surface area contributed by atoms with Gasteiger partial charge in [-0.2, -0.15) is 0 Å². The summed E-state index contributed by atoms with van der Waals surface area (Å²) in [6.45, 7) is 3.97. The maximum absolute atomic E-state index is 12.4. The molecule has 1 aromatic rings. The zero-order valence-electron chi connectivity index (χ0n) is 10.9. The molecule has 4 heteroatoms. The molecule has 1 aliphatic carbocycles. The third kappa shape index (κ3) is 2.66. The van der Waals surface area contributed by atoms with Gasteiger partial charge in [0.05, 0.1) is 5.69 Å². The molecule has 0 unspecified atom stereocenters. The van der Waals surface area contributed by atoms with Gasteiger partial charge in [-0.1, -0.05) is 37.8 Å². The minimum Gasteiger partial charge on any atom is -0.323 e. The molecule has 0 radical (unpaired) electrons. The fourth-order valence-corrected chi connectivity index (χ4v) is 2.75. The Hall–Kier alpha value is -1.09. The second-order valence-electron chi connectivity index (χ2n) is 5.37. The van der Waals surface area contributed by atoms with Crippen LogP contribution < -0.4 is 5.32 Å². The van der Waals surface area contributed by atoms with Gasteiger partial charge in [0.2, 0.25) is 5.91 Å². The predicted octanol–water partition coefficient (Wildman–Crippen LogP) is 3.95. The highest BCUT2D eigenvalue weighted by molar-refractivity contribution is 6.32. The standard InChI is InChI=1S/C14H19ClN2O/c1-10-6-9-16-12(15)11(10)17-13(18)14(2)7-4-3-5-8-14/h6,9H,3-5,7-8H2,1-2H3,(H,17,18). The van der Waals surface area contributed by atoms with Crippen molar-refractivity contribution in [1.29, 1.82) is 0 Å². The molecule has 1 fully saturated rings. The Kier molecular flexibility index (Phi) is 3.91. The van der Waals surface area contributed by atoms with E-state index >= 15 is 0 Å². The quantitative estimate of drug-likeness (QED) is 0.824.